The highest BCUT2D eigenvalue weighted by molar-refractivity contribution is 5.36. The summed E-state index contributed by atoms with van der Waals surface area (Å²) in [6.07, 6.45) is 0.963. The van der Waals surface area contributed by atoms with Gasteiger partial charge in [-0.05, 0) is 18.2 Å². The van der Waals surface area contributed by atoms with E-state index in [1.54, 1.807) is 13.2 Å². The quantitative estimate of drug-likeness (QED) is 0.698. The molecule has 0 bridgehead atoms. The van der Waals surface area contributed by atoms with Crippen molar-refractivity contribution in [1.82, 2.24) is 0 Å². The molecule has 70 valence electrons. The SMILES string of the molecule is COc1ccc(F)cc1C1CCO1. The summed E-state index contributed by atoms with van der Waals surface area (Å²) in [6.45, 7) is 0.754. The molecule has 0 N–H and O–H groups in total. The van der Waals surface area contributed by atoms with Crippen LogP contribution in [0.5, 0.6) is 5.75 Å². The first-order chi connectivity index (χ1) is 6.31. The molecule has 0 spiro atoms. The molecule has 0 amide bonds. The maximum atomic E-state index is 12.9. The average molecular weight is 182 g/mol. The van der Waals surface area contributed by atoms with Crippen LogP contribution in [-0.2, 0) is 4.74 Å². The van der Waals surface area contributed by atoms with Crippen LogP contribution in [0.2, 0.25) is 0 Å². The van der Waals surface area contributed by atoms with E-state index in [-0.39, 0.29) is 11.9 Å². The summed E-state index contributed by atoms with van der Waals surface area (Å²) in [4.78, 5) is 0. The molecule has 3 heteroatoms. The Balaban J connectivity index is 2.33. The van der Waals surface area contributed by atoms with Gasteiger partial charge >= 0.3 is 0 Å². The summed E-state index contributed by atoms with van der Waals surface area (Å²) in [5.74, 6) is 0.456. The molecular weight excluding hydrogens is 171 g/mol. The van der Waals surface area contributed by atoms with Crippen molar-refractivity contribution in [2.75, 3.05) is 13.7 Å². The van der Waals surface area contributed by atoms with E-state index in [0.29, 0.717) is 5.75 Å². The van der Waals surface area contributed by atoms with Crippen LogP contribution >= 0.6 is 0 Å². The second-order valence-electron chi connectivity index (χ2n) is 3.03. The Kier molecular flexibility index (Phi) is 2.19. The lowest BCUT2D eigenvalue weighted by Crippen LogP contribution is -2.19. The van der Waals surface area contributed by atoms with E-state index in [2.05, 4.69) is 0 Å². The normalized spacial score (nSPS) is 20.9. The van der Waals surface area contributed by atoms with Crippen molar-refractivity contribution in [2.45, 2.75) is 12.5 Å². The van der Waals surface area contributed by atoms with Gasteiger partial charge in [0.2, 0.25) is 0 Å². The molecule has 1 unspecified atom stereocenters. The van der Waals surface area contributed by atoms with Gasteiger partial charge in [0.1, 0.15) is 11.6 Å². The van der Waals surface area contributed by atoms with E-state index in [1.165, 1.54) is 12.1 Å². The predicted octanol–water partition coefficient (Wildman–Crippen LogP) is 2.30. The zero-order chi connectivity index (χ0) is 9.26. The van der Waals surface area contributed by atoms with Gasteiger partial charge < -0.3 is 9.47 Å². The molecule has 1 saturated heterocycles. The van der Waals surface area contributed by atoms with Gasteiger partial charge in [-0.2, -0.15) is 0 Å². The number of methoxy groups -OCH3 is 1. The van der Waals surface area contributed by atoms with Crippen molar-refractivity contribution >= 4 is 0 Å². The lowest BCUT2D eigenvalue weighted by Gasteiger charge is -2.27. The molecule has 0 radical (unpaired) electrons. The number of rotatable bonds is 2. The fraction of sp³-hybridized carbons (Fsp3) is 0.400. The highest BCUT2D eigenvalue weighted by Crippen LogP contribution is 2.35. The van der Waals surface area contributed by atoms with Gasteiger partial charge in [0.15, 0.2) is 0 Å². The molecule has 1 fully saturated rings. The van der Waals surface area contributed by atoms with Crippen molar-refractivity contribution < 1.29 is 13.9 Å². The molecule has 1 aliphatic heterocycles. The first-order valence-corrected chi connectivity index (χ1v) is 4.26. The van der Waals surface area contributed by atoms with Gasteiger partial charge in [0, 0.05) is 12.0 Å². The first kappa shape index (κ1) is 8.51. The van der Waals surface area contributed by atoms with Crippen LogP contribution in [0.25, 0.3) is 0 Å². The van der Waals surface area contributed by atoms with E-state index in [9.17, 15) is 4.39 Å². The van der Waals surface area contributed by atoms with Crippen LogP contribution < -0.4 is 4.74 Å². The minimum absolute atomic E-state index is 0.0191. The van der Waals surface area contributed by atoms with Crippen LogP contribution in [0, 0.1) is 5.82 Å². The van der Waals surface area contributed by atoms with Crippen LogP contribution in [0.1, 0.15) is 18.1 Å². The smallest absolute Gasteiger partial charge is 0.124 e. The maximum absolute atomic E-state index is 12.9. The molecule has 0 saturated carbocycles. The first-order valence-electron chi connectivity index (χ1n) is 4.26. The number of halogens is 1. The number of hydrogen-bond donors (Lipinski definition) is 0. The topological polar surface area (TPSA) is 18.5 Å². The Morgan fingerprint density at radius 2 is 2.31 bits per heavy atom. The zero-order valence-corrected chi connectivity index (χ0v) is 7.42. The van der Waals surface area contributed by atoms with Crippen molar-refractivity contribution in [3.05, 3.63) is 29.6 Å². The molecular formula is C10H11FO2. The summed E-state index contributed by atoms with van der Waals surface area (Å²) in [6, 6.07) is 4.50. The summed E-state index contributed by atoms with van der Waals surface area (Å²) >= 11 is 0. The van der Waals surface area contributed by atoms with Crippen molar-refractivity contribution in [3.8, 4) is 5.75 Å². The third-order valence-electron chi connectivity index (χ3n) is 2.24. The minimum Gasteiger partial charge on any atom is -0.496 e. The van der Waals surface area contributed by atoms with Crippen LogP contribution in [-0.4, -0.2) is 13.7 Å². The monoisotopic (exact) mass is 182 g/mol. The summed E-state index contributed by atoms with van der Waals surface area (Å²) in [5.41, 5.74) is 0.814. The van der Waals surface area contributed by atoms with Gasteiger partial charge in [0.05, 0.1) is 19.8 Å². The third-order valence-corrected chi connectivity index (χ3v) is 2.24. The van der Waals surface area contributed by atoms with Gasteiger partial charge in [0.25, 0.3) is 0 Å². The van der Waals surface area contributed by atoms with Crippen molar-refractivity contribution in [3.63, 3.8) is 0 Å². The fourth-order valence-electron chi connectivity index (χ4n) is 1.44. The highest BCUT2D eigenvalue weighted by Gasteiger charge is 2.23. The van der Waals surface area contributed by atoms with Gasteiger partial charge in [-0.3, -0.25) is 0 Å². The van der Waals surface area contributed by atoms with E-state index >= 15 is 0 Å². The molecule has 13 heavy (non-hydrogen) atoms. The molecule has 2 rings (SSSR count). The number of hydrogen-bond acceptors (Lipinski definition) is 2. The van der Waals surface area contributed by atoms with Crippen molar-refractivity contribution in [2.24, 2.45) is 0 Å². The molecule has 1 aromatic carbocycles. The van der Waals surface area contributed by atoms with Crippen LogP contribution in [0.15, 0.2) is 18.2 Å². The molecule has 1 aromatic rings. The number of benzene rings is 1. The second-order valence-corrected chi connectivity index (χ2v) is 3.03. The third kappa shape index (κ3) is 1.52. The molecule has 2 nitrogen and oxygen atoms in total. The Morgan fingerprint density at radius 1 is 1.54 bits per heavy atom. The van der Waals surface area contributed by atoms with E-state index in [0.717, 1.165) is 18.6 Å². The molecule has 1 aliphatic rings. The summed E-state index contributed by atoms with van der Waals surface area (Å²) < 4.78 is 23.3. The largest absolute Gasteiger partial charge is 0.496 e. The van der Waals surface area contributed by atoms with Crippen LogP contribution in [0.3, 0.4) is 0 Å². The maximum Gasteiger partial charge on any atom is 0.124 e. The van der Waals surface area contributed by atoms with Crippen molar-refractivity contribution in [1.29, 1.82) is 0 Å². The Hall–Kier alpha value is -1.09. The molecule has 0 aliphatic carbocycles. The van der Waals surface area contributed by atoms with E-state index in [4.69, 9.17) is 9.47 Å². The highest BCUT2D eigenvalue weighted by atomic mass is 19.1. The molecule has 1 heterocycles. The molecule has 1 atom stereocenters. The Morgan fingerprint density at radius 3 is 2.85 bits per heavy atom. The molecule has 0 aromatic heterocycles. The number of ether oxygens (including phenoxy) is 2. The fourth-order valence-corrected chi connectivity index (χ4v) is 1.44. The lowest BCUT2D eigenvalue weighted by molar-refractivity contribution is -0.0539. The second kappa shape index (κ2) is 3.34. The lowest BCUT2D eigenvalue weighted by atomic mass is 10.0. The Bertz CT molecular complexity index is 308. The Labute approximate surface area is 76.3 Å². The standard InChI is InChI=1S/C10H11FO2/c1-12-9-3-2-7(11)6-8(9)10-4-5-13-10/h2-3,6,10H,4-5H2,1H3. The van der Waals surface area contributed by atoms with Gasteiger partial charge in [-0.1, -0.05) is 0 Å². The van der Waals surface area contributed by atoms with E-state index < -0.39 is 0 Å². The minimum atomic E-state index is -0.244. The van der Waals surface area contributed by atoms with Gasteiger partial charge in [-0.25, -0.2) is 4.39 Å². The van der Waals surface area contributed by atoms with Gasteiger partial charge in [-0.15, -0.1) is 0 Å². The summed E-state index contributed by atoms with van der Waals surface area (Å²) in [7, 11) is 1.58. The zero-order valence-electron chi connectivity index (χ0n) is 7.42. The predicted molar refractivity (Wildman–Crippen MR) is 46.3 cm³/mol. The average Bonchev–Trinajstić information content (AvgIpc) is 2.02. The van der Waals surface area contributed by atoms with E-state index in [1.807, 2.05) is 0 Å². The van der Waals surface area contributed by atoms with Crippen LogP contribution in [0.4, 0.5) is 4.39 Å². The summed E-state index contributed by atoms with van der Waals surface area (Å²) in [5, 5.41) is 0.